The van der Waals surface area contributed by atoms with Crippen LogP contribution in [0.3, 0.4) is 0 Å². The van der Waals surface area contributed by atoms with Gasteiger partial charge in [0.1, 0.15) is 11.9 Å². The molecule has 4 nitrogen and oxygen atoms in total. The Morgan fingerprint density at radius 2 is 1.86 bits per heavy atom. The molecule has 2 aromatic carbocycles. The van der Waals surface area contributed by atoms with Crippen LogP contribution in [0.4, 0.5) is 4.39 Å². The van der Waals surface area contributed by atoms with Gasteiger partial charge in [0, 0.05) is 13.1 Å². The van der Waals surface area contributed by atoms with Gasteiger partial charge in [-0.3, -0.25) is 9.59 Å². The number of rotatable bonds is 10. The molecule has 2 amide bonds. The van der Waals surface area contributed by atoms with Crippen LogP contribution in [0.25, 0.3) is 0 Å². The largest absolute Gasteiger partial charge is 0.354 e. The van der Waals surface area contributed by atoms with Crippen LogP contribution in [0, 0.1) is 12.7 Å². The van der Waals surface area contributed by atoms with E-state index in [4.69, 9.17) is 0 Å². The molecule has 0 aliphatic carbocycles. The molecule has 0 aromatic heterocycles. The van der Waals surface area contributed by atoms with Crippen molar-refractivity contribution in [3.8, 4) is 0 Å². The van der Waals surface area contributed by atoms with Crippen molar-refractivity contribution in [1.29, 1.82) is 0 Å². The van der Waals surface area contributed by atoms with E-state index in [-0.39, 0.29) is 18.2 Å². The van der Waals surface area contributed by atoms with E-state index in [9.17, 15) is 14.0 Å². The number of hydrogen-bond donors (Lipinski definition) is 1. The van der Waals surface area contributed by atoms with Crippen molar-refractivity contribution in [2.24, 2.45) is 0 Å². The molecular formula is C24H31FN2O2. The minimum Gasteiger partial charge on any atom is -0.354 e. The number of hydrogen-bond acceptors (Lipinski definition) is 2. The number of unbranched alkanes of at least 4 members (excludes halogenated alkanes) is 1. The molecule has 1 atom stereocenters. The van der Waals surface area contributed by atoms with Gasteiger partial charge in [-0.15, -0.1) is 0 Å². The molecule has 0 bridgehead atoms. The lowest BCUT2D eigenvalue weighted by atomic mass is 10.1. The molecule has 0 aliphatic heterocycles. The fraction of sp³-hybridized carbons (Fsp3) is 0.417. The van der Waals surface area contributed by atoms with E-state index in [0.29, 0.717) is 25.1 Å². The summed E-state index contributed by atoms with van der Waals surface area (Å²) in [4.78, 5) is 27.5. The lowest BCUT2D eigenvalue weighted by Crippen LogP contribution is -2.49. The number of benzene rings is 2. The van der Waals surface area contributed by atoms with Crippen LogP contribution in [-0.4, -0.2) is 29.3 Å². The minimum absolute atomic E-state index is 0.0722. The Labute approximate surface area is 173 Å². The second-order valence-corrected chi connectivity index (χ2v) is 7.35. The predicted molar refractivity (Wildman–Crippen MR) is 114 cm³/mol. The highest BCUT2D eigenvalue weighted by molar-refractivity contribution is 5.88. The summed E-state index contributed by atoms with van der Waals surface area (Å²) in [5, 5.41) is 2.94. The van der Waals surface area contributed by atoms with Crippen molar-refractivity contribution in [2.75, 3.05) is 6.54 Å². The van der Waals surface area contributed by atoms with Gasteiger partial charge in [0.2, 0.25) is 11.8 Å². The van der Waals surface area contributed by atoms with Crippen LogP contribution in [0.2, 0.25) is 0 Å². The molecule has 0 unspecified atom stereocenters. The molecular weight excluding hydrogens is 367 g/mol. The molecule has 1 N–H and O–H groups in total. The van der Waals surface area contributed by atoms with Crippen molar-refractivity contribution < 1.29 is 14.0 Å². The van der Waals surface area contributed by atoms with Crippen LogP contribution in [-0.2, 0) is 22.6 Å². The van der Waals surface area contributed by atoms with E-state index in [1.807, 2.05) is 38.1 Å². The minimum atomic E-state index is -0.591. The third-order valence-corrected chi connectivity index (χ3v) is 4.95. The first-order valence-electron chi connectivity index (χ1n) is 10.3. The van der Waals surface area contributed by atoms with Crippen LogP contribution in [0.5, 0.6) is 0 Å². The maximum absolute atomic E-state index is 14.1. The first kappa shape index (κ1) is 22.6. The van der Waals surface area contributed by atoms with E-state index < -0.39 is 11.9 Å². The van der Waals surface area contributed by atoms with Crippen LogP contribution in [0.1, 0.15) is 49.8 Å². The average Bonchev–Trinajstić information content (AvgIpc) is 2.70. The lowest BCUT2D eigenvalue weighted by molar-refractivity contribution is -0.141. The monoisotopic (exact) mass is 398 g/mol. The summed E-state index contributed by atoms with van der Waals surface area (Å²) in [5.41, 5.74) is 2.38. The van der Waals surface area contributed by atoms with E-state index in [1.54, 1.807) is 23.1 Å². The van der Waals surface area contributed by atoms with Gasteiger partial charge in [-0.1, -0.05) is 68.3 Å². The Kier molecular flexibility index (Phi) is 8.84. The van der Waals surface area contributed by atoms with Crippen molar-refractivity contribution in [2.45, 2.75) is 59.0 Å². The van der Waals surface area contributed by atoms with Crippen LogP contribution >= 0.6 is 0 Å². The van der Waals surface area contributed by atoms with Crippen LogP contribution < -0.4 is 5.32 Å². The zero-order chi connectivity index (χ0) is 21.2. The molecule has 0 saturated heterocycles. The van der Waals surface area contributed by atoms with Gasteiger partial charge in [-0.2, -0.15) is 0 Å². The summed E-state index contributed by atoms with van der Waals surface area (Å²) in [6.45, 7) is 6.85. The molecule has 0 radical (unpaired) electrons. The summed E-state index contributed by atoms with van der Waals surface area (Å²) in [6.07, 6.45) is 2.30. The highest BCUT2D eigenvalue weighted by atomic mass is 19.1. The topological polar surface area (TPSA) is 49.4 Å². The molecule has 2 aromatic rings. The molecule has 2 rings (SSSR count). The third-order valence-electron chi connectivity index (χ3n) is 4.95. The molecule has 0 heterocycles. The maximum atomic E-state index is 14.1. The lowest BCUT2D eigenvalue weighted by Gasteiger charge is -2.31. The number of nitrogens with one attached hydrogen (secondary N) is 1. The summed E-state index contributed by atoms with van der Waals surface area (Å²) < 4.78 is 14.1. The number of carbonyl (C=O) groups excluding carboxylic acids is 2. The van der Waals surface area contributed by atoms with Gasteiger partial charge in [-0.05, 0) is 37.0 Å². The van der Waals surface area contributed by atoms with Gasteiger partial charge in [0.25, 0.3) is 0 Å². The number of carbonyl (C=O) groups is 2. The van der Waals surface area contributed by atoms with E-state index in [0.717, 1.165) is 24.0 Å². The Morgan fingerprint density at radius 1 is 1.10 bits per heavy atom. The Bertz CT molecular complexity index is 822. The number of amides is 2. The number of halogens is 1. The molecule has 5 heteroatoms. The maximum Gasteiger partial charge on any atom is 0.242 e. The quantitative estimate of drug-likeness (QED) is 0.603. The van der Waals surface area contributed by atoms with Crippen LogP contribution in [0.15, 0.2) is 48.5 Å². The fourth-order valence-electron chi connectivity index (χ4n) is 3.34. The van der Waals surface area contributed by atoms with E-state index >= 15 is 0 Å². The third kappa shape index (κ3) is 6.70. The summed E-state index contributed by atoms with van der Waals surface area (Å²) >= 11 is 0. The Balaban J connectivity index is 2.26. The fourth-order valence-corrected chi connectivity index (χ4v) is 3.34. The molecule has 29 heavy (non-hydrogen) atoms. The van der Waals surface area contributed by atoms with Gasteiger partial charge in [0.05, 0.1) is 6.42 Å². The Hall–Kier alpha value is -2.69. The first-order valence-corrected chi connectivity index (χ1v) is 10.3. The summed E-state index contributed by atoms with van der Waals surface area (Å²) in [7, 11) is 0. The van der Waals surface area contributed by atoms with Gasteiger partial charge in [-0.25, -0.2) is 4.39 Å². The van der Waals surface area contributed by atoms with Gasteiger partial charge >= 0.3 is 0 Å². The second-order valence-electron chi connectivity index (χ2n) is 7.35. The Morgan fingerprint density at radius 3 is 2.52 bits per heavy atom. The zero-order valence-corrected chi connectivity index (χ0v) is 17.6. The highest BCUT2D eigenvalue weighted by Gasteiger charge is 2.28. The smallest absolute Gasteiger partial charge is 0.242 e. The van der Waals surface area contributed by atoms with E-state index in [2.05, 4.69) is 12.2 Å². The zero-order valence-electron chi connectivity index (χ0n) is 17.6. The normalized spacial score (nSPS) is 11.7. The molecule has 0 saturated carbocycles. The van der Waals surface area contributed by atoms with Crippen molar-refractivity contribution in [3.63, 3.8) is 0 Å². The molecule has 156 valence electrons. The molecule has 0 aliphatic rings. The average molecular weight is 399 g/mol. The summed E-state index contributed by atoms with van der Waals surface area (Å²) in [5.74, 6) is -0.818. The van der Waals surface area contributed by atoms with E-state index in [1.165, 1.54) is 6.07 Å². The number of aryl methyl sites for hydroxylation is 1. The predicted octanol–water partition coefficient (Wildman–Crippen LogP) is 4.40. The second kappa shape index (κ2) is 11.3. The van der Waals surface area contributed by atoms with Crippen molar-refractivity contribution in [3.05, 3.63) is 71.0 Å². The molecule has 0 fully saturated rings. The summed E-state index contributed by atoms with van der Waals surface area (Å²) in [6, 6.07) is 13.6. The first-order chi connectivity index (χ1) is 14.0. The van der Waals surface area contributed by atoms with Gasteiger partial charge in [0.15, 0.2) is 0 Å². The standard InChI is InChI=1S/C24H31FN2O2/c1-4-6-14-26-24(29)22(5-2)27(17-19-11-9-10-18(3)15-19)23(28)16-20-12-7-8-13-21(20)25/h7-13,15,22H,4-6,14,16-17H2,1-3H3,(H,26,29)/t22-/m0/s1. The van der Waals surface area contributed by atoms with Gasteiger partial charge < -0.3 is 10.2 Å². The molecule has 0 spiro atoms. The van der Waals surface area contributed by atoms with Crippen molar-refractivity contribution >= 4 is 11.8 Å². The SMILES string of the molecule is CCCCNC(=O)[C@H](CC)N(Cc1cccc(C)c1)C(=O)Cc1ccccc1F. The highest BCUT2D eigenvalue weighted by Crippen LogP contribution is 2.17. The van der Waals surface area contributed by atoms with Crippen molar-refractivity contribution in [1.82, 2.24) is 10.2 Å². The number of nitrogens with zero attached hydrogens (tertiary/aromatic N) is 1.